The standard InChI is InChI=1S/C21H24N2O3S/c1-16-8-10-18(11-9-16)26-15-20(24)23(21-22-12-13-25-21)14-19(27)17-6-4-2-3-5-7-17/h2,4,6,8-13,19,27H,3,5,7,14-15H2,1H3. The quantitative estimate of drug-likeness (QED) is 0.721. The van der Waals surface area contributed by atoms with Crippen molar-refractivity contribution in [1.82, 2.24) is 4.98 Å². The maximum absolute atomic E-state index is 12.8. The first-order valence-electron chi connectivity index (χ1n) is 9.06. The average molecular weight is 385 g/mol. The molecule has 1 heterocycles. The number of thiol groups is 1. The van der Waals surface area contributed by atoms with Crippen LogP contribution in [0.15, 0.2) is 64.9 Å². The number of carbonyl (C=O) groups is 1. The molecule has 0 fully saturated rings. The molecule has 27 heavy (non-hydrogen) atoms. The van der Waals surface area contributed by atoms with Gasteiger partial charge in [0.2, 0.25) is 0 Å². The first-order valence-corrected chi connectivity index (χ1v) is 9.58. The Balaban J connectivity index is 1.67. The lowest BCUT2D eigenvalue weighted by Crippen LogP contribution is -2.39. The Labute approximate surface area is 165 Å². The van der Waals surface area contributed by atoms with Crippen LogP contribution in [0.3, 0.4) is 0 Å². The molecular formula is C21H24N2O3S. The van der Waals surface area contributed by atoms with E-state index >= 15 is 0 Å². The van der Waals surface area contributed by atoms with Crippen LogP contribution in [0.1, 0.15) is 24.8 Å². The van der Waals surface area contributed by atoms with E-state index in [2.05, 4.69) is 23.2 Å². The molecule has 0 spiro atoms. The fourth-order valence-corrected chi connectivity index (χ4v) is 3.23. The summed E-state index contributed by atoms with van der Waals surface area (Å²) < 4.78 is 11.0. The Morgan fingerprint density at radius 3 is 2.93 bits per heavy atom. The van der Waals surface area contributed by atoms with Crippen LogP contribution in [0.25, 0.3) is 0 Å². The van der Waals surface area contributed by atoms with Gasteiger partial charge in [0.25, 0.3) is 5.91 Å². The smallest absolute Gasteiger partial charge is 0.304 e. The number of allylic oxidation sites excluding steroid dienone is 3. The molecular weight excluding hydrogens is 360 g/mol. The van der Waals surface area contributed by atoms with Crippen LogP contribution in [0.4, 0.5) is 6.01 Å². The third-order valence-electron chi connectivity index (χ3n) is 4.40. The predicted molar refractivity (Wildman–Crippen MR) is 109 cm³/mol. The highest BCUT2D eigenvalue weighted by Gasteiger charge is 2.24. The third kappa shape index (κ3) is 5.50. The van der Waals surface area contributed by atoms with Gasteiger partial charge in [0.05, 0.1) is 6.20 Å². The number of rotatable bonds is 7. The van der Waals surface area contributed by atoms with Crippen LogP contribution in [0, 0.1) is 6.92 Å². The van der Waals surface area contributed by atoms with E-state index in [1.54, 1.807) is 0 Å². The number of hydrogen-bond donors (Lipinski definition) is 1. The van der Waals surface area contributed by atoms with E-state index in [-0.39, 0.29) is 23.8 Å². The largest absolute Gasteiger partial charge is 0.484 e. The number of nitrogens with zero attached hydrogens (tertiary/aromatic N) is 2. The Morgan fingerprint density at radius 1 is 1.37 bits per heavy atom. The monoisotopic (exact) mass is 384 g/mol. The molecule has 3 rings (SSSR count). The normalized spacial score (nSPS) is 15.0. The number of ether oxygens (including phenoxy) is 1. The van der Waals surface area contributed by atoms with Crippen molar-refractivity contribution in [3.63, 3.8) is 0 Å². The van der Waals surface area contributed by atoms with Gasteiger partial charge in [-0.2, -0.15) is 12.6 Å². The van der Waals surface area contributed by atoms with Crippen LogP contribution >= 0.6 is 12.6 Å². The lowest BCUT2D eigenvalue weighted by molar-refractivity contribution is -0.120. The highest BCUT2D eigenvalue weighted by atomic mass is 32.1. The van der Waals surface area contributed by atoms with Crippen LogP contribution in [0.5, 0.6) is 5.75 Å². The molecule has 1 atom stereocenters. The highest BCUT2D eigenvalue weighted by molar-refractivity contribution is 7.81. The van der Waals surface area contributed by atoms with Crippen molar-refractivity contribution in [2.24, 2.45) is 0 Å². The number of anilines is 1. The van der Waals surface area contributed by atoms with Gasteiger partial charge in [-0.05, 0) is 38.3 Å². The van der Waals surface area contributed by atoms with E-state index in [4.69, 9.17) is 21.8 Å². The maximum atomic E-state index is 12.8. The third-order valence-corrected chi connectivity index (χ3v) is 4.90. The van der Waals surface area contributed by atoms with Gasteiger partial charge >= 0.3 is 6.01 Å². The van der Waals surface area contributed by atoms with Gasteiger partial charge in [-0.1, -0.05) is 41.5 Å². The summed E-state index contributed by atoms with van der Waals surface area (Å²) in [5.41, 5.74) is 2.34. The number of oxazole rings is 1. The van der Waals surface area contributed by atoms with Gasteiger partial charge in [-0.15, -0.1) is 0 Å². The van der Waals surface area contributed by atoms with E-state index < -0.39 is 0 Å². The molecule has 0 radical (unpaired) electrons. The zero-order chi connectivity index (χ0) is 19.1. The lowest BCUT2D eigenvalue weighted by Gasteiger charge is -2.23. The van der Waals surface area contributed by atoms with E-state index in [1.807, 2.05) is 31.2 Å². The Morgan fingerprint density at radius 2 is 2.19 bits per heavy atom. The fourth-order valence-electron chi connectivity index (χ4n) is 2.86. The molecule has 0 saturated carbocycles. The van der Waals surface area contributed by atoms with Gasteiger partial charge in [-0.3, -0.25) is 9.69 Å². The molecule has 1 unspecified atom stereocenters. The van der Waals surface area contributed by atoms with Crippen LogP contribution < -0.4 is 9.64 Å². The minimum absolute atomic E-state index is 0.0924. The Hall–Kier alpha value is -2.47. The zero-order valence-electron chi connectivity index (χ0n) is 15.4. The molecule has 2 aromatic rings. The number of carbonyl (C=O) groups excluding carboxylic acids is 1. The van der Waals surface area contributed by atoms with Crippen LogP contribution in [0.2, 0.25) is 0 Å². The van der Waals surface area contributed by atoms with Crippen molar-refractivity contribution < 1.29 is 13.9 Å². The molecule has 0 N–H and O–H groups in total. The van der Waals surface area contributed by atoms with Gasteiger partial charge in [0, 0.05) is 11.8 Å². The van der Waals surface area contributed by atoms with Crippen molar-refractivity contribution in [2.75, 3.05) is 18.1 Å². The Kier molecular flexibility index (Phi) is 6.76. The summed E-state index contributed by atoms with van der Waals surface area (Å²) in [4.78, 5) is 18.4. The Bertz CT molecular complexity index is 797. The van der Waals surface area contributed by atoms with Crippen LogP contribution in [-0.4, -0.2) is 29.3 Å². The topological polar surface area (TPSA) is 55.6 Å². The average Bonchev–Trinajstić information content (AvgIpc) is 3.06. The number of amides is 1. The molecule has 0 aliphatic heterocycles. The first kappa shape index (κ1) is 19.3. The van der Waals surface area contributed by atoms with E-state index in [0.29, 0.717) is 12.3 Å². The van der Waals surface area contributed by atoms with E-state index in [1.165, 1.54) is 22.9 Å². The molecule has 1 amide bonds. The second kappa shape index (κ2) is 9.46. The van der Waals surface area contributed by atoms with Crippen LogP contribution in [-0.2, 0) is 4.79 Å². The number of aryl methyl sites for hydroxylation is 1. The molecule has 142 valence electrons. The number of aromatic nitrogens is 1. The van der Waals surface area contributed by atoms with E-state index in [9.17, 15) is 4.79 Å². The molecule has 1 aliphatic carbocycles. The van der Waals surface area contributed by atoms with Gasteiger partial charge in [-0.25, -0.2) is 4.98 Å². The van der Waals surface area contributed by atoms with Crippen molar-refractivity contribution in [3.8, 4) is 5.75 Å². The molecule has 1 aliphatic rings. The first-order chi connectivity index (χ1) is 13.1. The van der Waals surface area contributed by atoms with Gasteiger partial charge < -0.3 is 9.15 Å². The van der Waals surface area contributed by atoms with Crippen molar-refractivity contribution in [2.45, 2.75) is 31.4 Å². The zero-order valence-corrected chi connectivity index (χ0v) is 16.3. The van der Waals surface area contributed by atoms with Gasteiger partial charge in [0.15, 0.2) is 6.61 Å². The highest BCUT2D eigenvalue weighted by Crippen LogP contribution is 2.23. The molecule has 0 bridgehead atoms. The van der Waals surface area contributed by atoms with Crippen molar-refractivity contribution in [3.05, 3.63) is 66.1 Å². The molecule has 6 heteroatoms. The summed E-state index contributed by atoms with van der Waals surface area (Å²) >= 11 is 4.73. The van der Waals surface area contributed by atoms with Crippen molar-refractivity contribution in [1.29, 1.82) is 0 Å². The summed E-state index contributed by atoms with van der Waals surface area (Å²) in [6.07, 6.45) is 12.4. The predicted octanol–water partition coefficient (Wildman–Crippen LogP) is 4.36. The molecule has 1 aromatic carbocycles. The second-order valence-electron chi connectivity index (χ2n) is 6.50. The lowest BCUT2D eigenvalue weighted by atomic mass is 10.1. The minimum atomic E-state index is -0.221. The summed E-state index contributed by atoms with van der Waals surface area (Å²) in [6.45, 7) is 2.29. The molecule has 1 aromatic heterocycles. The summed E-state index contributed by atoms with van der Waals surface area (Å²) in [6, 6.07) is 7.85. The molecule has 0 saturated heterocycles. The summed E-state index contributed by atoms with van der Waals surface area (Å²) in [5, 5.41) is -0.0945. The fraction of sp³-hybridized carbons (Fsp3) is 0.333. The van der Waals surface area contributed by atoms with E-state index in [0.717, 1.165) is 24.8 Å². The summed E-state index contributed by atoms with van der Waals surface area (Å²) in [5.74, 6) is 0.433. The van der Waals surface area contributed by atoms with Crippen molar-refractivity contribution >= 4 is 24.6 Å². The second-order valence-corrected chi connectivity index (χ2v) is 7.12. The number of benzene rings is 1. The maximum Gasteiger partial charge on any atom is 0.304 e. The molecule has 5 nitrogen and oxygen atoms in total. The SMILES string of the molecule is Cc1ccc(OCC(=O)N(CC(S)C2=CC=CCCC2)c2ncco2)cc1. The summed E-state index contributed by atoms with van der Waals surface area (Å²) in [7, 11) is 0. The minimum Gasteiger partial charge on any atom is -0.484 e. The van der Waals surface area contributed by atoms with Gasteiger partial charge in [0.1, 0.15) is 12.0 Å². The number of hydrogen-bond acceptors (Lipinski definition) is 5.